The summed E-state index contributed by atoms with van der Waals surface area (Å²) in [6.07, 6.45) is 8.83. The van der Waals surface area contributed by atoms with Gasteiger partial charge in [-0.2, -0.15) is 0 Å². The fraction of sp³-hybridized carbons (Fsp3) is 0.125. The summed E-state index contributed by atoms with van der Waals surface area (Å²) < 4.78 is 6.15. The zero-order valence-corrected chi connectivity index (χ0v) is 21.6. The number of furan rings is 1. The second-order valence-corrected chi connectivity index (χ2v) is 9.08. The Balaban J connectivity index is 1.19. The van der Waals surface area contributed by atoms with Crippen molar-refractivity contribution < 1.29 is 4.42 Å². The molecule has 0 bridgehead atoms. The van der Waals surface area contributed by atoms with Crippen molar-refractivity contribution in [2.45, 2.75) is 12.8 Å². The highest BCUT2D eigenvalue weighted by Gasteiger charge is 2.09. The molecule has 0 aliphatic rings. The number of aromatic nitrogens is 2. The van der Waals surface area contributed by atoms with Gasteiger partial charge < -0.3 is 15.9 Å². The number of aliphatic imine (C=N–C) groups is 2. The summed E-state index contributed by atoms with van der Waals surface area (Å²) in [7, 11) is 0. The lowest BCUT2D eigenvalue weighted by atomic mass is 10.1. The first-order valence-electron chi connectivity index (χ1n) is 12.8. The molecule has 0 radical (unpaired) electrons. The fourth-order valence-electron chi connectivity index (χ4n) is 4.14. The summed E-state index contributed by atoms with van der Waals surface area (Å²) in [5.41, 5.74) is 18.4. The van der Waals surface area contributed by atoms with Crippen LogP contribution < -0.4 is 11.5 Å². The molecule has 3 heterocycles. The normalized spacial score (nSPS) is 12.0. The SMILES string of the molecule is NC(=NCCc1cccnc1)c1ccc(-c2ccc(-c3ccc(C(N)=NCCc4cccnc4)cc3)o2)cc1. The van der Waals surface area contributed by atoms with Crippen LogP contribution >= 0.6 is 0 Å². The minimum Gasteiger partial charge on any atom is -0.456 e. The number of hydrogen-bond acceptors (Lipinski definition) is 5. The van der Waals surface area contributed by atoms with E-state index < -0.39 is 0 Å². The maximum absolute atomic E-state index is 6.21. The van der Waals surface area contributed by atoms with E-state index in [9.17, 15) is 0 Å². The van der Waals surface area contributed by atoms with Gasteiger partial charge in [-0.3, -0.25) is 20.0 Å². The minimum absolute atomic E-state index is 0.519. The van der Waals surface area contributed by atoms with Gasteiger partial charge in [0.15, 0.2) is 0 Å². The van der Waals surface area contributed by atoms with Crippen molar-refractivity contribution in [3.63, 3.8) is 0 Å². The van der Waals surface area contributed by atoms with E-state index >= 15 is 0 Å². The third-order valence-corrected chi connectivity index (χ3v) is 6.35. The van der Waals surface area contributed by atoms with Gasteiger partial charge in [0, 0.05) is 60.1 Å². The molecule has 0 saturated heterocycles. The highest BCUT2D eigenvalue weighted by Crippen LogP contribution is 2.29. The Bertz CT molecular complexity index is 1420. The molecule has 3 aromatic heterocycles. The Labute approximate surface area is 228 Å². The zero-order valence-electron chi connectivity index (χ0n) is 21.6. The van der Waals surface area contributed by atoms with Crippen LogP contribution in [0.3, 0.4) is 0 Å². The molecule has 5 aromatic rings. The van der Waals surface area contributed by atoms with Gasteiger partial charge in [0.2, 0.25) is 0 Å². The van der Waals surface area contributed by atoms with E-state index in [1.165, 1.54) is 0 Å². The van der Waals surface area contributed by atoms with Gasteiger partial charge in [-0.15, -0.1) is 0 Å². The van der Waals surface area contributed by atoms with Gasteiger partial charge in [0.1, 0.15) is 23.2 Å². The van der Waals surface area contributed by atoms with E-state index in [4.69, 9.17) is 15.9 Å². The molecular formula is C32H30N6O. The molecule has 0 aliphatic heterocycles. The first-order valence-corrected chi connectivity index (χ1v) is 12.8. The molecule has 0 saturated carbocycles. The van der Waals surface area contributed by atoms with Crippen LogP contribution in [-0.4, -0.2) is 34.7 Å². The Morgan fingerprint density at radius 3 is 1.41 bits per heavy atom. The quantitative estimate of drug-likeness (QED) is 0.194. The number of pyridine rings is 2. The van der Waals surface area contributed by atoms with Gasteiger partial charge in [-0.1, -0.05) is 60.7 Å². The molecule has 0 amide bonds. The number of hydrogen-bond donors (Lipinski definition) is 2. The van der Waals surface area contributed by atoms with Crippen molar-refractivity contribution in [3.8, 4) is 22.6 Å². The highest BCUT2D eigenvalue weighted by atomic mass is 16.3. The Morgan fingerprint density at radius 1 is 0.590 bits per heavy atom. The van der Waals surface area contributed by atoms with E-state index in [0.717, 1.165) is 57.7 Å². The van der Waals surface area contributed by atoms with Gasteiger partial charge >= 0.3 is 0 Å². The van der Waals surface area contributed by atoms with Crippen LogP contribution in [0.25, 0.3) is 22.6 Å². The fourth-order valence-corrected chi connectivity index (χ4v) is 4.14. The standard InChI is InChI=1S/C32H30N6O/c33-31(37-19-15-23-3-1-17-35-21-23)27-9-5-25(6-10-27)29-13-14-30(39-29)26-7-11-28(12-8-26)32(34)38-20-16-24-4-2-18-36-22-24/h1-14,17-18,21-22H,15-16,19-20H2,(H2,33,37)(H2,34,38). The summed E-state index contributed by atoms with van der Waals surface area (Å²) in [5, 5.41) is 0. The van der Waals surface area contributed by atoms with Crippen LogP contribution in [0.2, 0.25) is 0 Å². The van der Waals surface area contributed by atoms with Crippen molar-refractivity contribution in [1.29, 1.82) is 0 Å². The van der Waals surface area contributed by atoms with Crippen molar-refractivity contribution >= 4 is 11.7 Å². The Hall–Kier alpha value is -5.04. The zero-order chi connectivity index (χ0) is 26.9. The molecule has 2 aromatic carbocycles. The number of benzene rings is 2. The van der Waals surface area contributed by atoms with Crippen LogP contribution in [0.5, 0.6) is 0 Å². The average molecular weight is 515 g/mol. The Morgan fingerprint density at radius 2 is 1.03 bits per heavy atom. The van der Waals surface area contributed by atoms with Gasteiger partial charge in [0.25, 0.3) is 0 Å². The van der Waals surface area contributed by atoms with Crippen LogP contribution in [-0.2, 0) is 12.8 Å². The maximum Gasteiger partial charge on any atom is 0.134 e. The van der Waals surface area contributed by atoms with E-state index in [0.29, 0.717) is 24.8 Å². The molecule has 7 heteroatoms. The van der Waals surface area contributed by atoms with Crippen molar-refractivity contribution in [3.05, 3.63) is 132 Å². The van der Waals surface area contributed by atoms with Crippen molar-refractivity contribution in [2.75, 3.05) is 13.1 Å². The summed E-state index contributed by atoms with van der Waals surface area (Å²) in [5.74, 6) is 2.60. The van der Waals surface area contributed by atoms with Crippen molar-refractivity contribution in [2.24, 2.45) is 21.5 Å². The van der Waals surface area contributed by atoms with Crippen LogP contribution in [0, 0.1) is 0 Å². The van der Waals surface area contributed by atoms with Gasteiger partial charge in [-0.05, 0) is 48.2 Å². The first kappa shape index (κ1) is 25.6. The predicted octanol–water partition coefficient (Wildman–Crippen LogP) is 5.30. The molecule has 39 heavy (non-hydrogen) atoms. The minimum atomic E-state index is 0.519. The summed E-state index contributed by atoms with van der Waals surface area (Å²) in [4.78, 5) is 17.3. The molecule has 0 spiro atoms. The molecule has 7 nitrogen and oxygen atoms in total. The molecule has 4 N–H and O–H groups in total. The molecular weight excluding hydrogens is 484 g/mol. The number of nitrogens with zero attached hydrogens (tertiary/aromatic N) is 4. The molecule has 0 aliphatic carbocycles. The van der Waals surface area contributed by atoms with E-state index in [2.05, 4.69) is 20.0 Å². The van der Waals surface area contributed by atoms with Crippen LogP contribution in [0.4, 0.5) is 0 Å². The lowest BCUT2D eigenvalue weighted by Gasteiger charge is -2.04. The molecule has 194 valence electrons. The second kappa shape index (κ2) is 12.5. The lowest BCUT2D eigenvalue weighted by molar-refractivity contribution is 0.597. The van der Waals surface area contributed by atoms with Crippen LogP contribution in [0.1, 0.15) is 22.3 Å². The third kappa shape index (κ3) is 6.84. The number of amidine groups is 2. The molecule has 0 fully saturated rings. The Kier molecular flexibility index (Phi) is 8.19. The van der Waals surface area contributed by atoms with Crippen LogP contribution in [0.15, 0.2) is 124 Å². The maximum atomic E-state index is 6.21. The monoisotopic (exact) mass is 514 g/mol. The molecule has 5 rings (SSSR count). The third-order valence-electron chi connectivity index (χ3n) is 6.35. The van der Waals surface area contributed by atoms with Gasteiger partial charge in [0.05, 0.1) is 0 Å². The number of rotatable bonds is 10. The van der Waals surface area contributed by atoms with E-state index in [1.807, 2.05) is 97.3 Å². The molecule has 0 atom stereocenters. The average Bonchev–Trinajstić information content (AvgIpc) is 3.49. The second-order valence-electron chi connectivity index (χ2n) is 9.08. The lowest BCUT2D eigenvalue weighted by Crippen LogP contribution is -2.14. The van der Waals surface area contributed by atoms with Gasteiger partial charge in [-0.25, -0.2) is 0 Å². The largest absolute Gasteiger partial charge is 0.456 e. The van der Waals surface area contributed by atoms with E-state index in [-0.39, 0.29) is 0 Å². The topological polar surface area (TPSA) is 116 Å². The summed E-state index contributed by atoms with van der Waals surface area (Å²) >= 11 is 0. The molecule has 0 unspecified atom stereocenters. The predicted molar refractivity (Wildman–Crippen MR) is 157 cm³/mol. The van der Waals surface area contributed by atoms with Crippen molar-refractivity contribution in [1.82, 2.24) is 9.97 Å². The first-order chi connectivity index (χ1) is 19.2. The summed E-state index contributed by atoms with van der Waals surface area (Å²) in [6.45, 7) is 1.23. The smallest absolute Gasteiger partial charge is 0.134 e. The highest BCUT2D eigenvalue weighted by molar-refractivity contribution is 5.98. The number of nitrogens with two attached hydrogens (primary N) is 2. The summed E-state index contributed by atoms with van der Waals surface area (Å²) in [6, 6.07) is 27.7. The van der Waals surface area contributed by atoms with E-state index in [1.54, 1.807) is 12.4 Å².